The maximum Gasteiger partial charge on any atom is 0.293 e. The molecule has 0 saturated carbocycles. The monoisotopic (exact) mass is 343 g/mol. The Kier molecular flexibility index (Phi) is 4.85. The highest BCUT2D eigenvalue weighted by atomic mass is 16.6. The Bertz CT molecular complexity index is 799. The molecule has 3 rings (SSSR count). The number of para-hydroxylation sites is 1. The highest BCUT2D eigenvalue weighted by Gasteiger charge is 2.33. The highest BCUT2D eigenvalue weighted by molar-refractivity contribution is 5.94. The predicted molar refractivity (Wildman–Crippen MR) is 94.5 cm³/mol. The van der Waals surface area contributed by atoms with Crippen molar-refractivity contribution in [3.05, 3.63) is 57.9 Å². The summed E-state index contributed by atoms with van der Waals surface area (Å²) in [6.07, 6.45) is 4.13. The van der Waals surface area contributed by atoms with E-state index >= 15 is 0 Å². The first kappa shape index (κ1) is 17.2. The molecule has 0 aliphatic carbocycles. The number of carbonyl (C=O) groups excluding carboxylic acids is 1. The van der Waals surface area contributed by atoms with Gasteiger partial charge in [0.05, 0.1) is 17.2 Å². The molecule has 2 N–H and O–H groups in total. The van der Waals surface area contributed by atoms with Crippen LogP contribution in [-0.2, 0) is 11.8 Å². The van der Waals surface area contributed by atoms with Gasteiger partial charge in [0.25, 0.3) is 11.6 Å². The van der Waals surface area contributed by atoms with E-state index in [1.165, 1.54) is 16.7 Å². The number of anilines is 1. The minimum atomic E-state index is -0.460. The molecule has 1 saturated heterocycles. The summed E-state index contributed by atoms with van der Waals surface area (Å²) in [6.45, 7) is 3.00. The second kappa shape index (κ2) is 7.06. The van der Waals surface area contributed by atoms with Gasteiger partial charge in [0.2, 0.25) is 0 Å². The summed E-state index contributed by atoms with van der Waals surface area (Å²) in [4.78, 5) is 24.5. The van der Waals surface area contributed by atoms with E-state index < -0.39 is 4.92 Å². The average Bonchev–Trinajstić information content (AvgIpc) is 3.17. The summed E-state index contributed by atoms with van der Waals surface area (Å²) in [6, 6.07) is 9.20. The molecule has 1 amide bonds. The van der Waals surface area contributed by atoms with Gasteiger partial charge in [-0.05, 0) is 24.6 Å². The SMILES string of the molecule is Cc1cccc([N+](=O)[O-])c1NC(=O)C[NH+]1CCC[C@H]1c1cccn1C. The summed E-state index contributed by atoms with van der Waals surface area (Å²) in [5.41, 5.74) is 2.15. The van der Waals surface area contributed by atoms with Crippen LogP contribution in [0, 0.1) is 17.0 Å². The number of nitro benzene ring substituents is 1. The van der Waals surface area contributed by atoms with Gasteiger partial charge in [-0.2, -0.15) is 0 Å². The fourth-order valence-corrected chi connectivity index (χ4v) is 3.67. The van der Waals surface area contributed by atoms with Gasteiger partial charge in [-0.1, -0.05) is 12.1 Å². The molecular weight excluding hydrogens is 320 g/mol. The molecular formula is C18H23N4O3+. The fourth-order valence-electron chi connectivity index (χ4n) is 3.67. The third kappa shape index (κ3) is 3.56. The number of nitrogens with one attached hydrogen (secondary N) is 2. The zero-order valence-corrected chi connectivity index (χ0v) is 14.5. The quantitative estimate of drug-likeness (QED) is 0.639. The Morgan fingerprint density at radius 2 is 2.20 bits per heavy atom. The molecule has 0 radical (unpaired) electrons. The third-order valence-electron chi connectivity index (χ3n) is 4.92. The van der Waals surface area contributed by atoms with Crippen molar-refractivity contribution in [2.24, 2.45) is 7.05 Å². The van der Waals surface area contributed by atoms with E-state index in [0.29, 0.717) is 17.8 Å². The number of nitrogens with zero attached hydrogens (tertiary/aromatic N) is 2. The zero-order valence-electron chi connectivity index (χ0n) is 14.5. The number of nitro groups is 1. The third-order valence-corrected chi connectivity index (χ3v) is 4.92. The van der Waals surface area contributed by atoms with Crippen LogP contribution in [-0.4, -0.2) is 28.5 Å². The van der Waals surface area contributed by atoms with Crippen LogP contribution >= 0.6 is 0 Å². The van der Waals surface area contributed by atoms with Gasteiger partial charge >= 0.3 is 0 Å². The number of likely N-dealkylation sites (tertiary alicyclic amines) is 1. The van der Waals surface area contributed by atoms with Gasteiger partial charge in [-0.3, -0.25) is 14.9 Å². The molecule has 1 aromatic heterocycles. The van der Waals surface area contributed by atoms with Crippen molar-refractivity contribution >= 4 is 17.3 Å². The summed E-state index contributed by atoms with van der Waals surface area (Å²) in [7, 11) is 2.02. The number of aromatic nitrogens is 1. The lowest BCUT2D eigenvalue weighted by atomic mass is 10.1. The van der Waals surface area contributed by atoms with Crippen molar-refractivity contribution in [2.45, 2.75) is 25.8 Å². The molecule has 2 atom stereocenters. The Balaban J connectivity index is 1.73. The maximum atomic E-state index is 12.5. The molecule has 1 aromatic carbocycles. The zero-order chi connectivity index (χ0) is 18.0. The highest BCUT2D eigenvalue weighted by Crippen LogP contribution is 2.27. The van der Waals surface area contributed by atoms with E-state index in [9.17, 15) is 14.9 Å². The second-order valence-corrected chi connectivity index (χ2v) is 6.60. The van der Waals surface area contributed by atoms with Crippen LogP contribution in [0.3, 0.4) is 0 Å². The van der Waals surface area contributed by atoms with E-state index in [1.54, 1.807) is 19.1 Å². The Labute approximate surface area is 146 Å². The molecule has 1 fully saturated rings. The Morgan fingerprint density at radius 1 is 1.40 bits per heavy atom. The van der Waals surface area contributed by atoms with E-state index in [-0.39, 0.29) is 17.6 Å². The van der Waals surface area contributed by atoms with Crippen LogP contribution in [0.5, 0.6) is 0 Å². The summed E-state index contributed by atoms with van der Waals surface area (Å²) >= 11 is 0. The number of rotatable bonds is 5. The first-order valence-electron chi connectivity index (χ1n) is 8.47. The number of quaternary nitrogens is 1. The largest absolute Gasteiger partial charge is 0.350 e. The van der Waals surface area contributed by atoms with Gasteiger partial charge in [-0.25, -0.2) is 0 Å². The van der Waals surface area contributed by atoms with Gasteiger partial charge < -0.3 is 14.8 Å². The van der Waals surface area contributed by atoms with Crippen LogP contribution in [0.25, 0.3) is 0 Å². The number of benzene rings is 1. The van der Waals surface area contributed by atoms with Crippen molar-refractivity contribution < 1.29 is 14.6 Å². The number of aryl methyl sites for hydroxylation is 2. The summed E-state index contributed by atoms with van der Waals surface area (Å²) < 4.78 is 2.10. The van der Waals surface area contributed by atoms with Crippen LogP contribution in [0.4, 0.5) is 11.4 Å². The molecule has 1 aliphatic rings. The molecule has 0 bridgehead atoms. The van der Waals surface area contributed by atoms with Gasteiger partial charge in [0.1, 0.15) is 11.7 Å². The van der Waals surface area contributed by atoms with Gasteiger partial charge in [0.15, 0.2) is 6.54 Å². The van der Waals surface area contributed by atoms with Crippen LogP contribution in [0.2, 0.25) is 0 Å². The molecule has 1 unspecified atom stereocenters. The summed E-state index contributed by atoms with van der Waals surface area (Å²) in [5.74, 6) is -0.187. The molecule has 7 nitrogen and oxygen atoms in total. The topological polar surface area (TPSA) is 81.6 Å². The van der Waals surface area contributed by atoms with Crippen molar-refractivity contribution in [1.29, 1.82) is 0 Å². The Morgan fingerprint density at radius 3 is 2.88 bits per heavy atom. The molecule has 1 aliphatic heterocycles. The Hall–Kier alpha value is -2.67. The fraction of sp³-hybridized carbons (Fsp3) is 0.389. The molecule has 132 valence electrons. The van der Waals surface area contributed by atoms with Crippen molar-refractivity contribution in [2.75, 3.05) is 18.4 Å². The molecule has 2 aromatic rings. The van der Waals surface area contributed by atoms with Crippen molar-refractivity contribution in [1.82, 2.24) is 4.57 Å². The molecule has 2 heterocycles. The number of hydrogen-bond acceptors (Lipinski definition) is 3. The smallest absolute Gasteiger partial charge is 0.293 e. The van der Waals surface area contributed by atoms with E-state index in [2.05, 4.69) is 16.0 Å². The van der Waals surface area contributed by atoms with E-state index in [4.69, 9.17) is 0 Å². The number of carbonyl (C=O) groups is 1. The lowest BCUT2D eigenvalue weighted by Crippen LogP contribution is -3.11. The predicted octanol–water partition coefficient (Wildman–Crippen LogP) is 1.60. The molecule has 7 heteroatoms. The normalized spacial score (nSPS) is 19.8. The van der Waals surface area contributed by atoms with Gasteiger partial charge in [-0.15, -0.1) is 0 Å². The minimum absolute atomic E-state index is 0.0660. The number of hydrogen-bond donors (Lipinski definition) is 2. The molecule has 25 heavy (non-hydrogen) atoms. The first-order valence-corrected chi connectivity index (χ1v) is 8.47. The maximum absolute atomic E-state index is 12.5. The van der Waals surface area contributed by atoms with Crippen LogP contribution in [0.15, 0.2) is 36.5 Å². The first-order chi connectivity index (χ1) is 12.0. The summed E-state index contributed by atoms with van der Waals surface area (Å²) in [5, 5.41) is 14.0. The van der Waals surface area contributed by atoms with E-state index in [0.717, 1.165) is 19.4 Å². The van der Waals surface area contributed by atoms with Gasteiger partial charge in [0, 0.05) is 32.2 Å². The van der Waals surface area contributed by atoms with Crippen LogP contribution in [0.1, 0.15) is 30.1 Å². The average molecular weight is 343 g/mol. The lowest BCUT2D eigenvalue weighted by molar-refractivity contribution is -0.910. The van der Waals surface area contributed by atoms with Crippen molar-refractivity contribution in [3.63, 3.8) is 0 Å². The minimum Gasteiger partial charge on any atom is -0.350 e. The van der Waals surface area contributed by atoms with E-state index in [1.807, 2.05) is 19.3 Å². The second-order valence-electron chi connectivity index (χ2n) is 6.60. The van der Waals surface area contributed by atoms with Crippen LogP contribution < -0.4 is 10.2 Å². The lowest BCUT2D eigenvalue weighted by Gasteiger charge is -2.21. The standard InChI is InChI=1S/C18H22N4O3/c1-13-6-3-7-16(22(24)25)18(13)19-17(23)12-21-11-5-9-15(21)14-8-4-10-20(14)2/h3-4,6-8,10,15H,5,9,11-12H2,1-2H3,(H,19,23)/p+1/t15-/m0/s1. The molecule has 0 spiro atoms. The number of amides is 1. The van der Waals surface area contributed by atoms with Crippen molar-refractivity contribution in [3.8, 4) is 0 Å².